The molecule has 1 N–H and O–H groups in total. The van der Waals surface area contributed by atoms with Gasteiger partial charge in [-0.1, -0.05) is 6.92 Å². The summed E-state index contributed by atoms with van der Waals surface area (Å²) in [5, 5.41) is 3.84. The number of rotatable bonds is 2. The van der Waals surface area contributed by atoms with E-state index in [1.54, 1.807) is 0 Å². The largest absolute Gasteiger partial charge is 0.377 e. The Labute approximate surface area is 93.8 Å². The summed E-state index contributed by atoms with van der Waals surface area (Å²) in [6.07, 6.45) is 7.01. The van der Waals surface area contributed by atoms with E-state index in [1.165, 1.54) is 32.1 Å². The minimum atomic E-state index is 0.374. The molecule has 2 atom stereocenters. The maximum atomic E-state index is 5.61. The van der Waals surface area contributed by atoms with Gasteiger partial charge in [0.05, 0.1) is 6.10 Å². The molecule has 2 unspecified atom stereocenters. The highest BCUT2D eigenvalue weighted by atomic mass is 16.5. The van der Waals surface area contributed by atoms with Crippen molar-refractivity contribution in [2.45, 2.75) is 70.6 Å². The summed E-state index contributed by atoms with van der Waals surface area (Å²) >= 11 is 0. The second-order valence-electron chi connectivity index (χ2n) is 5.86. The summed E-state index contributed by atoms with van der Waals surface area (Å²) in [7, 11) is 0. The summed E-state index contributed by atoms with van der Waals surface area (Å²) in [6.45, 7) is 7.90. The van der Waals surface area contributed by atoms with Crippen molar-refractivity contribution in [1.82, 2.24) is 5.32 Å². The van der Waals surface area contributed by atoms with E-state index in [9.17, 15) is 0 Å². The van der Waals surface area contributed by atoms with Crippen LogP contribution < -0.4 is 5.32 Å². The van der Waals surface area contributed by atoms with Crippen molar-refractivity contribution < 1.29 is 4.74 Å². The molecule has 1 saturated carbocycles. The van der Waals surface area contributed by atoms with E-state index in [4.69, 9.17) is 4.74 Å². The average Bonchev–Trinajstić information content (AvgIpc) is 2.58. The first-order valence-electron chi connectivity index (χ1n) is 6.48. The predicted octanol–water partition coefficient (Wildman–Crippen LogP) is 2.72. The monoisotopic (exact) mass is 211 g/mol. The Morgan fingerprint density at radius 1 is 1.13 bits per heavy atom. The lowest BCUT2D eigenvalue weighted by Gasteiger charge is -2.40. The van der Waals surface area contributed by atoms with Crippen LogP contribution in [0.5, 0.6) is 0 Å². The molecule has 2 fully saturated rings. The predicted molar refractivity (Wildman–Crippen MR) is 63.0 cm³/mol. The van der Waals surface area contributed by atoms with Crippen LogP contribution in [0.4, 0.5) is 0 Å². The minimum Gasteiger partial charge on any atom is -0.377 e. The molecule has 2 aliphatic rings. The van der Waals surface area contributed by atoms with Crippen LogP contribution in [0, 0.1) is 5.92 Å². The Bertz CT molecular complexity index is 209. The minimum absolute atomic E-state index is 0.374. The fourth-order valence-corrected chi connectivity index (χ4v) is 2.91. The molecule has 0 spiro atoms. The van der Waals surface area contributed by atoms with Gasteiger partial charge in [-0.2, -0.15) is 0 Å². The van der Waals surface area contributed by atoms with Crippen LogP contribution in [0.15, 0.2) is 0 Å². The molecule has 1 aliphatic carbocycles. The maximum absolute atomic E-state index is 5.61. The summed E-state index contributed by atoms with van der Waals surface area (Å²) < 4.78 is 5.61. The first-order chi connectivity index (χ1) is 7.09. The summed E-state index contributed by atoms with van der Waals surface area (Å²) in [5.74, 6) is 0.928. The van der Waals surface area contributed by atoms with E-state index in [0.717, 1.165) is 12.5 Å². The quantitative estimate of drug-likeness (QED) is 0.758. The summed E-state index contributed by atoms with van der Waals surface area (Å²) in [5.41, 5.74) is 0.374. The molecule has 0 radical (unpaired) electrons. The Kier molecular flexibility index (Phi) is 3.36. The third-order valence-corrected chi connectivity index (χ3v) is 4.29. The highest BCUT2D eigenvalue weighted by molar-refractivity contribution is 4.93. The van der Waals surface area contributed by atoms with Crippen molar-refractivity contribution in [2.75, 3.05) is 6.61 Å². The van der Waals surface area contributed by atoms with Gasteiger partial charge in [-0.15, -0.1) is 0 Å². The van der Waals surface area contributed by atoms with Gasteiger partial charge in [0, 0.05) is 18.2 Å². The molecule has 0 aromatic rings. The van der Waals surface area contributed by atoms with Gasteiger partial charge in [0.2, 0.25) is 0 Å². The van der Waals surface area contributed by atoms with Gasteiger partial charge < -0.3 is 10.1 Å². The third kappa shape index (κ3) is 2.73. The van der Waals surface area contributed by atoms with E-state index >= 15 is 0 Å². The van der Waals surface area contributed by atoms with Crippen LogP contribution in [0.1, 0.15) is 52.9 Å². The van der Waals surface area contributed by atoms with Crippen molar-refractivity contribution in [3.8, 4) is 0 Å². The van der Waals surface area contributed by atoms with Gasteiger partial charge in [-0.25, -0.2) is 0 Å². The van der Waals surface area contributed by atoms with Crippen LogP contribution in [0.2, 0.25) is 0 Å². The normalized spacial score (nSPS) is 47.0. The third-order valence-electron chi connectivity index (χ3n) is 4.29. The lowest BCUT2D eigenvalue weighted by Crippen LogP contribution is -2.52. The second-order valence-corrected chi connectivity index (χ2v) is 5.86. The topological polar surface area (TPSA) is 21.3 Å². The van der Waals surface area contributed by atoms with Gasteiger partial charge in [-0.3, -0.25) is 0 Å². The van der Waals surface area contributed by atoms with Gasteiger partial charge in [0.15, 0.2) is 0 Å². The Morgan fingerprint density at radius 2 is 1.80 bits per heavy atom. The molecule has 1 aliphatic heterocycles. The Balaban J connectivity index is 1.87. The SMILES string of the molecule is CC1CCC(C)(NC2CCOC2C)CC1. The molecule has 15 heavy (non-hydrogen) atoms. The highest BCUT2D eigenvalue weighted by Crippen LogP contribution is 2.32. The summed E-state index contributed by atoms with van der Waals surface area (Å²) in [6, 6.07) is 0.586. The standard InChI is InChI=1S/C13H25NO/c1-10-4-7-13(3,8-5-10)14-12-6-9-15-11(12)2/h10-12,14H,4-9H2,1-3H3. The molecular formula is C13H25NO. The molecule has 0 aromatic carbocycles. The molecule has 2 heteroatoms. The fraction of sp³-hybridized carbons (Fsp3) is 1.00. The average molecular weight is 211 g/mol. The second kappa shape index (κ2) is 4.42. The van der Waals surface area contributed by atoms with Crippen molar-refractivity contribution in [3.63, 3.8) is 0 Å². The smallest absolute Gasteiger partial charge is 0.0700 e. The van der Waals surface area contributed by atoms with Crippen LogP contribution >= 0.6 is 0 Å². The molecule has 0 bridgehead atoms. The Morgan fingerprint density at radius 3 is 2.33 bits per heavy atom. The van der Waals surface area contributed by atoms with Crippen LogP contribution in [-0.4, -0.2) is 24.3 Å². The van der Waals surface area contributed by atoms with Crippen molar-refractivity contribution >= 4 is 0 Å². The lowest BCUT2D eigenvalue weighted by atomic mass is 9.78. The van der Waals surface area contributed by atoms with Gasteiger partial charge in [0.25, 0.3) is 0 Å². The van der Waals surface area contributed by atoms with Crippen molar-refractivity contribution in [1.29, 1.82) is 0 Å². The molecule has 2 nitrogen and oxygen atoms in total. The zero-order chi connectivity index (χ0) is 10.9. The van der Waals surface area contributed by atoms with Crippen molar-refractivity contribution in [2.24, 2.45) is 5.92 Å². The lowest BCUT2D eigenvalue weighted by molar-refractivity contribution is 0.0981. The van der Waals surface area contributed by atoms with Gasteiger partial charge in [0.1, 0.15) is 0 Å². The molecule has 0 amide bonds. The van der Waals surface area contributed by atoms with Crippen molar-refractivity contribution in [3.05, 3.63) is 0 Å². The molecule has 0 aromatic heterocycles. The number of hydrogen-bond donors (Lipinski definition) is 1. The zero-order valence-electron chi connectivity index (χ0n) is 10.4. The zero-order valence-corrected chi connectivity index (χ0v) is 10.4. The van der Waals surface area contributed by atoms with E-state index in [1.807, 2.05) is 0 Å². The van der Waals surface area contributed by atoms with Gasteiger partial charge in [-0.05, 0) is 51.9 Å². The first kappa shape index (κ1) is 11.4. The van der Waals surface area contributed by atoms with E-state index < -0.39 is 0 Å². The van der Waals surface area contributed by atoms with Crippen LogP contribution in [0.25, 0.3) is 0 Å². The molecule has 88 valence electrons. The number of ether oxygens (including phenoxy) is 1. The molecule has 1 saturated heterocycles. The number of nitrogens with one attached hydrogen (secondary N) is 1. The molecule has 2 rings (SSSR count). The molecule has 1 heterocycles. The maximum Gasteiger partial charge on any atom is 0.0700 e. The first-order valence-corrected chi connectivity index (χ1v) is 6.48. The fourth-order valence-electron chi connectivity index (χ4n) is 2.91. The van der Waals surface area contributed by atoms with Gasteiger partial charge >= 0.3 is 0 Å². The van der Waals surface area contributed by atoms with E-state index in [0.29, 0.717) is 17.7 Å². The number of hydrogen-bond acceptors (Lipinski definition) is 2. The Hall–Kier alpha value is -0.0800. The highest BCUT2D eigenvalue weighted by Gasteiger charge is 2.34. The van der Waals surface area contributed by atoms with E-state index in [-0.39, 0.29) is 0 Å². The summed E-state index contributed by atoms with van der Waals surface area (Å²) in [4.78, 5) is 0. The van der Waals surface area contributed by atoms with Crippen LogP contribution in [0.3, 0.4) is 0 Å². The molecular weight excluding hydrogens is 186 g/mol. The van der Waals surface area contributed by atoms with E-state index in [2.05, 4.69) is 26.1 Å². The van der Waals surface area contributed by atoms with Crippen LogP contribution in [-0.2, 0) is 4.74 Å².